The van der Waals surface area contributed by atoms with Gasteiger partial charge in [-0.2, -0.15) is 0 Å². The van der Waals surface area contributed by atoms with E-state index in [-0.39, 0.29) is 20.1 Å². The Kier molecular flexibility index (Phi) is 12.2. The Morgan fingerprint density at radius 2 is 0.857 bits per heavy atom. The van der Waals surface area contributed by atoms with Crippen molar-refractivity contribution in [3.63, 3.8) is 0 Å². The van der Waals surface area contributed by atoms with Gasteiger partial charge in [-0.1, -0.05) is 115 Å². The summed E-state index contributed by atoms with van der Waals surface area (Å²) >= 11 is 0. The van der Waals surface area contributed by atoms with Crippen molar-refractivity contribution in [3.05, 3.63) is 253 Å². The van der Waals surface area contributed by atoms with Gasteiger partial charge in [0.1, 0.15) is 0 Å². The summed E-state index contributed by atoms with van der Waals surface area (Å²) < 4.78 is 0. The summed E-state index contributed by atoms with van der Waals surface area (Å²) in [7, 11) is 0. The van der Waals surface area contributed by atoms with Crippen molar-refractivity contribution < 1.29 is 20.1 Å². The van der Waals surface area contributed by atoms with Crippen LogP contribution in [0.3, 0.4) is 0 Å². The molecule has 0 amide bonds. The number of pyridine rings is 3. The molecule has 10 rings (SSSR count). The quantitative estimate of drug-likeness (QED) is 0.135. The van der Waals surface area contributed by atoms with Gasteiger partial charge < -0.3 is 15.0 Å². The van der Waals surface area contributed by atoms with E-state index in [1.165, 1.54) is 11.1 Å². The number of aromatic nitrogens is 3. The van der Waals surface area contributed by atoms with Crippen molar-refractivity contribution in [1.82, 2.24) is 15.0 Å². The van der Waals surface area contributed by atoms with Gasteiger partial charge in [0.25, 0.3) is 0 Å². The molecule has 4 heteroatoms. The fourth-order valence-corrected chi connectivity index (χ4v) is 8.31. The van der Waals surface area contributed by atoms with Gasteiger partial charge >= 0.3 is 20.1 Å². The van der Waals surface area contributed by atoms with Gasteiger partial charge in [0.05, 0.1) is 0 Å². The predicted octanol–water partition coefficient (Wildman–Crippen LogP) is 14.5. The zero-order valence-electron chi connectivity index (χ0n) is 34.6. The first-order valence-electron chi connectivity index (χ1n) is 20.9. The molecular weight excluding hydrogens is 943 g/mol. The normalized spacial score (nSPS) is 12.3. The number of allylic oxidation sites excluding steroid dienone is 6. The number of hydrogen-bond donors (Lipinski definition) is 0. The number of nitrogens with zero attached hydrogens (tertiary/aromatic N) is 3. The second-order valence-electron chi connectivity index (χ2n) is 15.3. The number of rotatable bonds is 9. The maximum Gasteiger partial charge on any atom is 3.00 e. The molecule has 3 aromatic heterocycles. The van der Waals surface area contributed by atoms with Gasteiger partial charge in [0, 0.05) is 24.2 Å². The maximum atomic E-state index is 4.95. The van der Waals surface area contributed by atoms with E-state index in [1.807, 2.05) is 85.3 Å². The predicted molar refractivity (Wildman–Crippen MR) is 255 cm³/mol. The van der Waals surface area contributed by atoms with Crippen LogP contribution in [0.15, 0.2) is 213 Å². The molecule has 0 N–H and O–H groups in total. The first-order valence-corrected chi connectivity index (χ1v) is 20.9. The Balaban J connectivity index is 0.00000504. The van der Waals surface area contributed by atoms with Crippen LogP contribution in [0.25, 0.3) is 83.9 Å². The average Bonchev–Trinajstić information content (AvgIpc) is 3.58. The number of aryl methyl sites for hydroxylation is 1. The molecule has 0 spiro atoms. The fourth-order valence-electron chi connectivity index (χ4n) is 8.31. The molecule has 1 aliphatic carbocycles. The van der Waals surface area contributed by atoms with Crippen LogP contribution in [0, 0.1) is 25.1 Å². The molecule has 0 aliphatic heterocycles. The van der Waals surface area contributed by atoms with E-state index < -0.39 is 0 Å². The summed E-state index contributed by atoms with van der Waals surface area (Å²) in [5, 5.41) is 0. The molecule has 0 fully saturated rings. The third kappa shape index (κ3) is 8.74. The maximum absolute atomic E-state index is 4.95. The van der Waals surface area contributed by atoms with Crippen LogP contribution in [0.5, 0.6) is 0 Å². The van der Waals surface area contributed by atoms with Crippen LogP contribution in [0.4, 0.5) is 0 Å². The number of hydrogen-bond acceptors (Lipinski definition) is 3. The summed E-state index contributed by atoms with van der Waals surface area (Å²) in [6, 6.07) is 70.6. The SMILES string of the molecule is Cc1cc(-c2[c-]cccc2)ncc1-c1ccccc1C1=CCC(c2ccccc2-c2ccc(-c3[c-]cccc3)nc2)=CC(c2ccccc2-c2ccc(-c3[c-]cccc3)nc2)=C1.[Ir+3]. The Labute approximate surface area is 383 Å². The Hall–Kier alpha value is -7.36. The minimum Gasteiger partial charge on any atom is -0.304 e. The molecule has 9 aromatic rings. The number of benzene rings is 6. The molecule has 3 nitrogen and oxygen atoms in total. The third-order valence-corrected chi connectivity index (χ3v) is 11.4. The molecule has 0 unspecified atom stereocenters. The largest absolute Gasteiger partial charge is 3.00 e. The van der Waals surface area contributed by atoms with Gasteiger partial charge in [-0.3, -0.25) is 0 Å². The van der Waals surface area contributed by atoms with E-state index in [4.69, 9.17) is 15.0 Å². The van der Waals surface area contributed by atoms with E-state index in [9.17, 15) is 0 Å². The van der Waals surface area contributed by atoms with Crippen LogP contribution in [-0.4, -0.2) is 15.0 Å². The molecule has 300 valence electrons. The van der Waals surface area contributed by atoms with Crippen LogP contribution in [0.2, 0.25) is 0 Å². The van der Waals surface area contributed by atoms with Crippen molar-refractivity contribution in [3.8, 4) is 67.2 Å². The van der Waals surface area contributed by atoms with Gasteiger partial charge in [-0.15, -0.1) is 108 Å². The van der Waals surface area contributed by atoms with Gasteiger partial charge in [-0.25, -0.2) is 0 Å². The zero-order chi connectivity index (χ0) is 41.7. The van der Waals surface area contributed by atoms with E-state index in [2.05, 4.69) is 153 Å². The summed E-state index contributed by atoms with van der Waals surface area (Å²) in [4.78, 5) is 14.8. The minimum absolute atomic E-state index is 0. The summed E-state index contributed by atoms with van der Waals surface area (Å²) in [6.07, 6.45) is 13.8. The first-order chi connectivity index (χ1) is 30.7. The van der Waals surface area contributed by atoms with Crippen LogP contribution in [-0.2, 0) is 20.1 Å². The van der Waals surface area contributed by atoms with Gasteiger partial charge in [-0.05, 0) is 103 Å². The molecule has 0 saturated heterocycles. The van der Waals surface area contributed by atoms with Gasteiger partial charge in [0.2, 0.25) is 0 Å². The van der Waals surface area contributed by atoms with Crippen LogP contribution in [0.1, 0.15) is 28.7 Å². The molecule has 6 aromatic carbocycles. The van der Waals surface area contributed by atoms with Crippen molar-refractivity contribution in [2.24, 2.45) is 0 Å². The minimum atomic E-state index is 0. The van der Waals surface area contributed by atoms with Crippen molar-refractivity contribution >= 4 is 16.7 Å². The molecule has 0 bridgehead atoms. The van der Waals surface area contributed by atoms with E-state index in [0.717, 1.165) is 101 Å². The molecule has 1 aliphatic rings. The van der Waals surface area contributed by atoms with E-state index >= 15 is 0 Å². The molecule has 3 heterocycles. The molecule has 0 radical (unpaired) electrons. The van der Waals surface area contributed by atoms with Crippen LogP contribution >= 0.6 is 0 Å². The van der Waals surface area contributed by atoms with Crippen molar-refractivity contribution in [2.45, 2.75) is 13.3 Å². The second kappa shape index (κ2) is 18.7. The Morgan fingerprint density at radius 1 is 0.397 bits per heavy atom. The van der Waals surface area contributed by atoms with E-state index in [1.54, 1.807) is 0 Å². The third-order valence-electron chi connectivity index (χ3n) is 11.4. The average molecular weight is 983 g/mol. The standard InChI is InChI=1S/C59H40N3.Ir/c1-41-35-59(44-21-9-4-10-22-44)62-40-56(41)55-28-16-15-24-51(55)46-30-29-45(50-23-11-12-25-52(50)47-31-33-57(60-38-47)42-17-5-2-6-18-42)36-49(37-46)54-27-14-13-26-53(54)48-32-34-58(61-39-48)43-19-7-3-8-20-43;/h2-17,19,21,23-28,30-40H,29H2,1H3;/q-3;+3. The smallest absolute Gasteiger partial charge is 0.304 e. The first kappa shape index (κ1) is 41.0. The Bertz CT molecular complexity index is 3120. The molecule has 0 saturated carbocycles. The van der Waals surface area contributed by atoms with Crippen LogP contribution < -0.4 is 0 Å². The second-order valence-corrected chi connectivity index (χ2v) is 15.3. The summed E-state index contributed by atoms with van der Waals surface area (Å²) in [5.74, 6) is 0. The zero-order valence-corrected chi connectivity index (χ0v) is 37.0. The molecule has 63 heavy (non-hydrogen) atoms. The monoisotopic (exact) mass is 983 g/mol. The summed E-state index contributed by atoms with van der Waals surface area (Å²) in [6.45, 7) is 2.17. The Morgan fingerprint density at radius 3 is 1.37 bits per heavy atom. The molecule has 0 atom stereocenters. The summed E-state index contributed by atoms with van der Waals surface area (Å²) in [5.41, 5.74) is 20.3. The van der Waals surface area contributed by atoms with Crippen molar-refractivity contribution in [2.75, 3.05) is 0 Å². The fraction of sp³-hybridized carbons (Fsp3) is 0.0339. The van der Waals surface area contributed by atoms with Crippen molar-refractivity contribution in [1.29, 1.82) is 0 Å². The van der Waals surface area contributed by atoms with E-state index in [0.29, 0.717) is 0 Å². The molecular formula is C59H40IrN3. The topological polar surface area (TPSA) is 38.7 Å². The van der Waals surface area contributed by atoms with Gasteiger partial charge in [0.15, 0.2) is 0 Å².